The summed E-state index contributed by atoms with van der Waals surface area (Å²) in [5, 5.41) is 12.8. The lowest BCUT2D eigenvalue weighted by atomic mass is 10.1. The highest BCUT2D eigenvalue weighted by Crippen LogP contribution is 2.11. The maximum atomic E-state index is 9.45. The van der Waals surface area contributed by atoms with Gasteiger partial charge in [0.2, 0.25) is 0 Å². The van der Waals surface area contributed by atoms with E-state index in [0.717, 1.165) is 43.9 Å². The lowest BCUT2D eigenvalue weighted by molar-refractivity contribution is 0.470. The van der Waals surface area contributed by atoms with Crippen molar-refractivity contribution in [3.05, 3.63) is 42.5 Å². The van der Waals surface area contributed by atoms with E-state index in [1.165, 1.54) is 0 Å². The summed E-state index contributed by atoms with van der Waals surface area (Å²) in [6.07, 6.45) is 4.87. The Hall–Kier alpha value is -1.24. The van der Waals surface area contributed by atoms with Gasteiger partial charge in [-0.15, -0.1) is 30.6 Å². The zero-order valence-corrected chi connectivity index (χ0v) is 15.9. The van der Waals surface area contributed by atoms with Gasteiger partial charge in [0.25, 0.3) is 0 Å². The molecule has 22 heavy (non-hydrogen) atoms. The Morgan fingerprint density at radius 2 is 2.23 bits per heavy atom. The fourth-order valence-corrected chi connectivity index (χ4v) is 2.05. The molecule has 0 aliphatic carbocycles. The highest BCUT2D eigenvalue weighted by atomic mass is 127. The molecule has 0 fully saturated rings. The van der Waals surface area contributed by atoms with Crippen LogP contribution in [0.2, 0.25) is 0 Å². The van der Waals surface area contributed by atoms with Crippen molar-refractivity contribution >= 4 is 29.9 Å². The molecule has 0 aromatic heterocycles. The number of hydrogen-bond acceptors (Lipinski definition) is 2. The number of halogens is 1. The highest BCUT2D eigenvalue weighted by molar-refractivity contribution is 14.0. The Bertz CT molecular complexity index is 463. The van der Waals surface area contributed by atoms with Gasteiger partial charge in [0, 0.05) is 26.7 Å². The highest BCUT2D eigenvalue weighted by Gasteiger charge is 2.04. The number of allylic oxidation sites excluding steroid dienone is 1. The number of phenols is 1. The van der Waals surface area contributed by atoms with Crippen LogP contribution in [0.25, 0.3) is 0 Å². The van der Waals surface area contributed by atoms with Crippen molar-refractivity contribution in [1.29, 1.82) is 0 Å². The van der Waals surface area contributed by atoms with Gasteiger partial charge in [-0.1, -0.05) is 18.2 Å². The standard InChI is InChI=1S/C17H27N3O.HI/c1-4-6-7-13-20(3)17(18-5-2)19-12-11-15-9-8-10-16(21)14-15;/h4,8-10,14,21H,1,5-7,11-13H2,2-3H3,(H,18,19);1H. The number of hydrogen-bond donors (Lipinski definition) is 2. The maximum absolute atomic E-state index is 9.45. The summed E-state index contributed by atoms with van der Waals surface area (Å²) >= 11 is 0. The third-order valence-corrected chi connectivity index (χ3v) is 3.17. The van der Waals surface area contributed by atoms with Crippen LogP contribution >= 0.6 is 24.0 Å². The molecule has 0 atom stereocenters. The minimum atomic E-state index is 0. The molecule has 4 nitrogen and oxygen atoms in total. The van der Waals surface area contributed by atoms with Crippen LogP contribution in [0.1, 0.15) is 25.3 Å². The molecule has 0 aliphatic heterocycles. The van der Waals surface area contributed by atoms with Gasteiger partial charge in [0.1, 0.15) is 5.75 Å². The van der Waals surface area contributed by atoms with E-state index in [1.807, 2.05) is 18.2 Å². The molecule has 1 aromatic carbocycles. The van der Waals surface area contributed by atoms with E-state index >= 15 is 0 Å². The molecular weight excluding hydrogens is 389 g/mol. The first-order valence-corrected chi connectivity index (χ1v) is 7.55. The van der Waals surface area contributed by atoms with E-state index in [0.29, 0.717) is 12.3 Å². The van der Waals surface area contributed by atoms with Gasteiger partial charge in [-0.2, -0.15) is 0 Å². The molecule has 5 heteroatoms. The van der Waals surface area contributed by atoms with E-state index in [9.17, 15) is 5.11 Å². The Morgan fingerprint density at radius 1 is 1.45 bits per heavy atom. The second-order valence-electron chi connectivity index (χ2n) is 5.01. The summed E-state index contributed by atoms with van der Waals surface area (Å²) in [7, 11) is 2.05. The third kappa shape index (κ3) is 8.26. The first-order chi connectivity index (χ1) is 10.2. The van der Waals surface area contributed by atoms with E-state index in [-0.39, 0.29) is 24.0 Å². The number of aliphatic imine (C=N–C) groups is 1. The normalized spacial score (nSPS) is 10.7. The van der Waals surface area contributed by atoms with Crippen molar-refractivity contribution in [2.45, 2.75) is 26.2 Å². The smallest absolute Gasteiger partial charge is 0.193 e. The minimum absolute atomic E-state index is 0. The van der Waals surface area contributed by atoms with Crippen molar-refractivity contribution in [1.82, 2.24) is 10.2 Å². The van der Waals surface area contributed by atoms with Gasteiger partial charge in [-0.3, -0.25) is 4.99 Å². The molecule has 1 rings (SSSR count). The molecule has 0 heterocycles. The molecule has 0 saturated heterocycles. The average Bonchev–Trinajstić information content (AvgIpc) is 2.46. The Morgan fingerprint density at radius 3 is 2.86 bits per heavy atom. The molecule has 2 N–H and O–H groups in total. The largest absolute Gasteiger partial charge is 0.508 e. The maximum Gasteiger partial charge on any atom is 0.193 e. The predicted octanol–water partition coefficient (Wildman–Crippen LogP) is 3.42. The summed E-state index contributed by atoms with van der Waals surface area (Å²) in [4.78, 5) is 6.79. The quantitative estimate of drug-likeness (QED) is 0.224. The summed E-state index contributed by atoms with van der Waals surface area (Å²) in [6, 6.07) is 7.34. The van der Waals surface area contributed by atoms with E-state index in [1.54, 1.807) is 12.1 Å². The zero-order chi connectivity index (χ0) is 15.5. The van der Waals surface area contributed by atoms with Gasteiger partial charge in [0.05, 0.1) is 0 Å². The van der Waals surface area contributed by atoms with Crippen LogP contribution in [0.5, 0.6) is 5.75 Å². The molecule has 0 bridgehead atoms. The van der Waals surface area contributed by atoms with Gasteiger partial charge in [-0.25, -0.2) is 0 Å². The van der Waals surface area contributed by atoms with Crippen molar-refractivity contribution < 1.29 is 5.11 Å². The number of phenolic OH excluding ortho intramolecular Hbond substituents is 1. The number of guanidine groups is 1. The third-order valence-electron chi connectivity index (χ3n) is 3.17. The van der Waals surface area contributed by atoms with E-state index < -0.39 is 0 Å². The van der Waals surface area contributed by atoms with Crippen LogP contribution in [0.15, 0.2) is 41.9 Å². The summed E-state index contributed by atoms with van der Waals surface area (Å²) in [5.41, 5.74) is 1.10. The first kappa shape index (κ1) is 20.8. The Labute approximate surface area is 151 Å². The molecule has 0 amide bonds. The molecule has 0 unspecified atom stereocenters. The van der Waals surface area contributed by atoms with Crippen LogP contribution in [0.4, 0.5) is 0 Å². The molecule has 0 saturated carbocycles. The lowest BCUT2D eigenvalue weighted by Gasteiger charge is -2.21. The predicted molar refractivity (Wildman–Crippen MR) is 105 cm³/mol. The minimum Gasteiger partial charge on any atom is -0.508 e. The molecule has 1 aromatic rings. The van der Waals surface area contributed by atoms with Crippen molar-refractivity contribution in [2.75, 3.05) is 26.7 Å². The second kappa shape index (κ2) is 12.3. The summed E-state index contributed by atoms with van der Waals surface area (Å²) in [6.45, 7) is 8.34. The van der Waals surface area contributed by atoms with Gasteiger partial charge < -0.3 is 15.3 Å². The van der Waals surface area contributed by atoms with Crippen LogP contribution in [0, 0.1) is 0 Å². The van der Waals surface area contributed by atoms with Crippen LogP contribution < -0.4 is 5.32 Å². The molecular formula is C17H28IN3O. The number of rotatable bonds is 8. The molecule has 0 radical (unpaired) electrons. The van der Waals surface area contributed by atoms with Gasteiger partial charge >= 0.3 is 0 Å². The van der Waals surface area contributed by atoms with E-state index in [4.69, 9.17) is 0 Å². The molecule has 0 spiro atoms. The van der Waals surface area contributed by atoms with Crippen molar-refractivity contribution in [3.8, 4) is 5.75 Å². The summed E-state index contributed by atoms with van der Waals surface area (Å²) < 4.78 is 0. The second-order valence-corrected chi connectivity index (χ2v) is 5.01. The zero-order valence-electron chi connectivity index (χ0n) is 13.6. The molecule has 0 aliphatic rings. The van der Waals surface area contributed by atoms with Crippen molar-refractivity contribution in [3.63, 3.8) is 0 Å². The monoisotopic (exact) mass is 417 g/mol. The SMILES string of the molecule is C=CCCCN(C)C(=NCCc1cccc(O)c1)NCC.I. The number of unbranched alkanes of at least 4 members (excludes halogenated alkanes) is 1. The van der Waals surface area contributed by atoms with Gasteiger partial charge in [-0.05, 0) is 43.9 Å². The topological polar surface area (TPSA) is 47.9 Å². The van der Waals surface area contributed by atoms with E-state index in [2.05, 4.69) is 35.8 Å². The van der Waals surface area contributed by atoms with Crippen LogP contribution in [-0.4, -0.2) is 42.6 Å². The lowest BCUT2D eigenvalue weighted by Crippen LogP contribution is -2.39. The average molecular weight is 417 g/mol. The fourth-order valence-electron chi connectivity index (χ4n) is 2.05. The van der Waals surface area contributed by atoms with Crippen molar-refractivity contribution in [2.24, 2.45) is 4.99 Å². The Kier molecular flexibility index (Phi) is 11.6. The van der Waals surface area contributed by atoms with Crippen LogP contribution in [-0.2, 0) is 6.42 Å². The summed E-state index contributed by atoms with van der Waals surface area (Å²) in [5.74, 6) is 1.24. The van der Waals surface area contributed by atoms with Crippen LogP contribution in [0.3, 0.4) is 0 Å². The number of aromatic hydroxyl groups is 1. The fraction of sp³-hybridized carbons (Fsp3) is 0.471. The first-order valence-electron chi connectivity index (χ1n) is 7.55. The van der Waals surface area contributed by atoms with Gasteiger partial charge in [0.15, 0.2) is 5.96 Å². The Balaban J connectivity index is 0.00000441. The number of nitrogens with zero attached hydrogens (tertiary/aromatic N) is 2. The molecule has 124 valence electrons. The number of benzene rings is 1. The number of nitrogens with one attached hydrogen (secondary N) is 1.